The summed E-state index contributed by atoms with van der Waals surface area (Å²) in [5.41, 5.74) is 5.32. The van der Waals surface area contributed by atoms with E-state index in [9.17, 15) is 32.7 Å². The standard InChI is InChI=1S/C31H43N3O8S/c1-19(31(29(32)39)14-12-22(35)13-15-31)27(37)34-25(17-21-8-10-23(11-9-21)43(3,40)41)28(38)33-24(16-20-6-4-5-7-20)26(36)30(2)18-42-30/h6,8-11,19,22,24-25,35H,4-5,7,12-18H2,1-3H3,(H2,32,39)(H,33,38)(H,34,37)/t19-,22?,24-,25-,30+,31?/m0/s1. The molecule has 0 spiro atoms. The number of hydrogen-bond acceptors (Lipinski definition) is 8. The summed E-state index contributed by atoms with van der Waals surface area (Å²) >= 11 is 0. The van der Waals surface area contributed by atoms with Crippen LogP contribution in [0.4, 0.5) is 0 Å². The van der Waals surface area contributed by atoms with Gasteiger partial charge in [0.15, 0.2) is 15.6 Å². The zero-order valence-corrected chi connectivity index (χ0v) is 25.9. The number of epoxide rings is 1. The monoisotopic (exact) mass is 617 g/mol. The SMILES string of the molecule is C[C@@H](C(=O)N[C@@H](Cc1ccc(S(C)(=O)=O)cc1)C(=O)N[C@@H](CC1=CCCC1)C(=O)[C@@]1(C)CO1)C1(C(N)=O)CCC(O)CC1. The molecule has 4 atom stereocenters. The number of Topliss-reactive ketones (excluding diaryl/α,β-unsaturated/α-hetero) is 1. The van der Waals surface area contributed by atoms with Crippen molar-refractivity contribution >= 4 is 33.3 Å². The van der Waals surface area contributed by atoms with Crippen molar-refractivity contribution < 1.29 is 37.4 Å². The zero-order valence-electron chi connectivity index (χ0n) is 25.1. The number of rotatable bonds is 13. The lowest BCUT2D eigenvalue weighted by Crippen LogP contribution is -2.57. The summed E-state index contributed by atoms with van der Waals surface area (Å²) in [5.74, 6) is -2.89. The molecule has 4 rings (SSSR count). The molecule has 1 aromatic rings. The Morgan fingerprint density at radius 1 is 1.05 bits per heavy atom. The van der Waals surface area contributed by atoms with Gasteiger partial charge in [-0.15, -0.1) is 0 Å². The van der Waals surface area contributed by atoms with Gasteiger partial charge < -0.3 is 26.2 Å². The number of carbonyl (C=O) groups excluding carboxylic acids is 4. The first-order valence-corrected chi connectivity index (χ1v) is 16.8. The van der Waals surface area contributed by atoms with Crippen molar-refractivity contribution in [3.8, 4) is 0 Å². The van der Waals surface area contributed by atoms with Crippen molar-refractivity contribution in [1.29, 1.82) is 0 Å². The first-order chi connectivity index (χ1) is 20.1. The summed E-state index contributed by atoms with van der Waals surface area (Å²) in [7, 11) is -3.44. The van der Waals surface area contributed by atoms with Crippen molar-refractivity contribution in [3.05, 3.63) is 41.5 Å². The molecule has 1 saturated heterocycles. The number of allylic oxidation sites excluding steroid dienone is 1. The number of primary amides is 1. The van der Waals surface area contributed by atoms with Gasteiger partial charge >= 0.3 is 0 Å². The lowest BCUT2D eigenvalue weighted by molar-refractivity contribution is -0.144. The Morgan fingerprint density at radius 2 is 1.65 bits per heavy atom. The highest BCUT2D eigenvalue weighted by molar-refractivity contribution is 7.90. The minimum atomic E-state index is -3.44. The fourth-order valence-corrected chi connectivity index (χ4v) is 6.79. The van der Waals surface area contributed by atoms with Gasteiger partial charge in [0, 0.05) is 18.6 Å². The molecular formula is C31H43N3O8S. The van der Waals surface area contributed by atoms with Crippen LogP contribution in [0.3, 0.4) is 0 Å². The van der Waals surface area contributed by atoms with E-state index in [-0.39, 0.29) is 36.5 Å². The maximum atomic E-state index is 13.8. The maximum absolute atomic E-state index is 13.8. The van der Waals surface area contributed by atoms with E-state index in [0.29, 0.717) is 24.8 Å². The lowest BCUT2D eigenvalue weighted by atomic mass is 9.65. The smallest absolute Gasteiger partial charge is 0.243 e. The Morgan fingerprint density at radius 3 is 2.16 bits per heavy atom. The predicted molar refractivity (Wildman–Crippen MR) is 158 cm³/mol. The lowest BCUT2D eigenvalue weighted by Gasteiger charge is -2.40. The second-order valence-corrected chi connectivity index (χ2v) is 14.6. The molecule has 2 fully saturated rings. The molecule has 5 N–H and O–H groups in total. The average Bonchev–Trinajstić information content (AvgIpc) is 3.50. The third kappa shape index (κ3) is 7.71. The summed E-state index contributed by atoms with van der Waals surface area (Å²) in [6.45, 7) is 3.55. The highest BCUT2D eigenvalue weighted by atomic mass is 32.2. The Balaban J connectivity index is 1.58. The largest absolute Gasteiger partial charge is 0.393 e. The number of sulfone groups is 1. The van der Waals surface area contributed by atoms with E-state index in [1.807, 2.05) is 0 Å². The summed E-state index contributed by atoms with van der Waals surface area (Å²) in [6.07, 6.45) is 6.84. The highest BCUT2D eigenvalue weighted by Crippen LogP contribution is 2.42. The van der Waals surface area contributed by atoms with Crippen LogP contribution in [0.25, 0.3) is 0 Å². The molecule has 0 bridgehead atoms. The Bertz CT molecular complexity index is 1380. The number of aliphatic hydroxyl groups excluding tert-OH is 1. The van der Waals surface area contributed by atoms with Crippen molar-refractivity contribution in [2.45, 2.75) is 100 Å². The molecule has 236 valence electrons. The third-order valence-electron chi connectivity index (χ3n) is 9.32. The zero-order chi connectivity index (χ0) is 31.6. The van der Waals surface area contributed by atoms with E-state index in [1.165, 1.54) is 12.1 Å². The second kappa shape index (κ2) is 12.9. The van der Waals surface area contributed by atoms with Crippen molar-refractivity contribution in [2.24, 2.45) is 17.1 Å². The fraction of sp³-hybridized carbons (Fsp3) is 0.613. The van der Waals surface area contributed by atoms with Crippen LogP contribution in [0.2, 0.25) is 0 Å². The fourth-order valence-electron chi connectivity index (χ4n) is 6.16. The minimum Gasteiger partial charge on any atom is -0.393 e. The molecule has 3 amide bonds. The minimum absolute atomic E-state index is 0.00793. The number of nitrogens with one attached hydrogen (secondary N) is 2. The third-order valence-corrected chi connectivity index (χ3v) is 10.4. The Kier molecular flexibility index (Phi) is 9.82. The van der Waals surface area contributed by atoms with Crippen LogP contribution in [-0.2, 0) is 40.2 Å². The normalized spacial score (nSPS) is 27.3. The molecule has 43 heavy (non-hydrogen) atoms. The van der Waals surface area contributed by atoms with Crippen LogP contribution in [0.15, 0.2) is 40.8 Å². The van der Waals surface area contributed by atoms with Crippen LogP contribution in [0, 0.1) is 11.3 Å². The summed E-state index contributed by atoms with van der Waals surface area (Å²) < 4.78 is 29.3. The van der Waals surface area contributed by atoms with E-state index in [2.05, 4.69) is 16.7 Å². The van der Waals surface area contributed by atoms with Gasteiger partial charge in [0.2, 0.25) is 17.7 Å². The maximum Gasteiger partial charge on any atom is 0.243 e. The van der Waals surface area contributed by atoms with Crippen LogP contribution < -0.4 is 16.4 Å². The number of nitrogens with two attached hydrogens (primary N) is 1. The van der Waals surface area contributed by atoms with E-state index in [0.717, 1.165) is 31.1 Å². The van der Waals surface area contributed by atoms with Gasteiger partial charge in [-0.2, -0.15) is 0 Å². The summed E-state index contributed by atoms with van der Waals surface area (Å²) in [4.78, 5) is 53.6. The molecule has 0 radical (unpaired) electrons. The summed E-state index contributed by atoms with van der Waals surface area (Å²) in [6, 6.07) is 4.02. The van der Waals surface area contributed by atoms with E-state index < -0.39 is 62.7 Å². The molecule has 0 aromatic heterocycles. The number of aliphatic hydroxyl groups is 1. The van der Waals surface area contributed by atoms with Crippen molar-refractivity contribution in [2.75, 3.05) is 12.9 Å². The van der Waals surface area contributed by atoms with Crippen LogP contribution >= 0.6 is 0 Å². The van der Waals surface area contributed by atoms with Gasteiger partial charge in [0.1, 0.15) is 11.6 Å². The van der Waals surface area contributed by atoms with Crippen molar-refractivity contribution in [1.82, 2.24) is 10.6 Å². The average molecular weight is 618 g/mol. The van der Waals surface area contributed by atoms with Gasteiger partial charge in [0.05, 0.1) is 29.1 Å². The first kappa shape index (κ1) is 32.8. The topological polar surface area (TPSA) is 185 Å². The van der Waals surface area contributed by atoms with E-state index in [4.69, 9.17) is 10.5 Å². The van der Waals surface area contributed by atoms with Gasteiger partial charge in [0.25, 0.3) is 0 Å². The Hall–Kier alpha value is -3.09. The van der Waals surface area contributed by atoms with Gasteiger partial charge in [-0.05, 0) is 76.0 Å². The molecule has 1 aromatic carbocycles. The van der Waals surface area contributed by atoms with Crippen LogP contribution in [0.5, 0.6) is 0 Å². The molecule has 12 heteroatoms. The van der Waals surface area contributed by atoms with Gasteiger partial charge in [-0.3, -0.25) is 19.2 Å². The molecule has 11 nitrogen and oxygen atoms in total. The number of benzene rings is 1. The number of amides is 3. The number of ketones is 1. The second-order valence-electron chi connectivity index (χ2n) is 12.6. The van der Waals surface area contributed by atoms with Crippen LogP contribution in [0.1, 0.15) is 70.8 Å². The molecular weight excluding hydrogens is 574 g/mol. The number of hydrogen-bond donors (Lipinski definition) is 4. The highest BCUT2D eigenvalue weighted by Gasteiger charge is 2.51. The molecule has 3 aliphatic rings. The first-order valence-electron chi connectivity index (χ1n) is 14.9. The number of carbonyl (C=O) groups is 4. The van der Waals surface area contributed by atoms with Gasteiger partial charge in [-0.25, -0.2) is 8.42 Å². The van der Waals surface area contributed by atoms with Crippen LogP contribution in [-0.4, -0.2) is 73.7 Å². The molecule has 1 saturated carbocycles. The predicted octanol–water partition coefficient (Wildman–Crippen LogP) is 1.50. The van der Waals surface area contributed by atoms with E-state index in [1.54, 1.807) is 26.0 Å². The molecule has 0 unspecified atom stereocenters. The van der Waals surface area contributed by atoms with E-state index >= 15 is 0 Å². The molecule has 1 aliphatic heterocycles. The molecule has 1 heterocycles. The molecule has 2 aliphatic carbocycles. The number of ether oxygens (including phenoxy) is 1. The summed E-state index contributed by atoms with van der Waals surface area (Å²) in [5, 5.41) is 15.7. The quantitative estimate of drug-likeness (QED) is 0.189. The Labute approximate surface area is 252 Å². The van der Waals surface area contributed by atoms with Crippen molar-refractivity contribution in [3.63, 3.8) is 0 Å². The van der Waals surface area contributed by atoms with Gasteiger partial charge in [-0.1, -0.05) is 30.7 Å².